The number of likely N-dealkylation sites (N-methyl/N-ethyl adjacent to an activating group) is 1. The third-order valence-corrected chi connectivity index (χ3v) is 4.18. The van der Waals surface area contributed by atoms with Crippen LogP contribution in [-0.2, 0) is 6.42 Å². The summed E-state index contributed by atoms with van der Waals surface area (Å²) in [5.74, 6) is 0.485. The lowest BCUT2D eigenvalue weighted by Gasteiger charge is -2.29. The molecule has 1 N–H and O–H groups in total. The Balaban J connectivity index is 2.48. The number of hydrogen-bond acceptors (Lipinski definition) is 3. The highest BCUT2D eigenvalue weighted by atomic mass is 32.2. The molecule has 0 aliphatic carbocycles. The highest BCUT2D eigenvalue weighted by Crippen LogP contribution is 2.16. The minimum absolute atomic E-state index is 0.236. The summed E-state index contributed by atoms with van der Waals surface area (Å²) in [6.45, 7) is 5.54. The molecule has 1 aromatic rings. The van der Waals surface area contributed by atoms with Crippen molar-refractivity contribution in [3.63, 3.8) is 0 Å². The molecule has 0 fully saturated rings. The fourth-order valence-corrected chi connectivity index (χ4v) is 2.53. The molecule has 102 valence electrons. The Bertz CT molecular complexity index is 337. The smallest absolute Gasteiger partial charge is 0.0589 e. The predicted molar refractivity (Wildman–Crippen MR) is 80.3 cm³/mol. The van der Waals surface area contributed by atoms with Gasteiger partial charge in [-0.05, 0) is 43.3 Å². The van der Waals surface area contributed by atoms with Gasteiger partial charge >= 0.3 is 0 Å². The van der Waals surface area contributed by atoms with E-state index in [1.807, 2.05) is 0 Å². The molecule has 0 aliphatic heterocycles. The van der Waals surface area contributed by atoms with Crippen molar-refractivity contribution in [2.24, 2.45) is 5.92 Å². The van der Waals surface area contributed by atoms with Crippen LogP contribution in [0.2, 0.25) is 0 Å². The van der Waals surface area contributed by atoms with Crippen LogP contribution in [-0.4, -0.2) is 42.5 Å². The molecular weight excluding hydrogens is 242 g/mol. The Morgan fingerprint density at radius 2 is 1.83 bits per heavy atom. The van der Waals surface area contributed by atoms with Gasteiger partial charge in [0.15, 0.2) is 0 Å². The molecule has 2 nitrogen and oxygen atoms in total. The van der Waals surface area contributed by atoms with Crippen molar-refractivity contribution in [1.82, 2.24) is 4.90 Å². The molecule has 0 aromatic heterocycles. The monoisotopic (exact) mass is 267 g/mol. The van der Waals surface area contributed by atoms with Gasteiger partial charge in [-0.3, -0.25) is 0 Å². The highest BCUT2D eigenvalue weighted by molar-refractivity contribution is 7.98. The molecule has 1 atom stereocenters. The molecule has 0 heterocycles. The van der Waals surface area contributed by atoms with Crippen molar-refractivity contribution in [2.45, 2.75) is 31.2 Å². The first-order chi connectivity index (χ1) is 8.58. The van der Waals surface area contributed by atoms with Gasteiger partial charge in [0.2, 0.25) is 0 Å². The van der Waals surface area contributed by atoms with Crippen molar-refractivity contribution in [3.05, 3.63) is 29.8 Å². The largest absolute Gasteiger partial charge is 0.395 e. The number of thioether (sulfide) groups is 1. The summed E-state index contributed by atoms with van der Waals surface area (Å²) in [6, 6.07) is 9.00. The SMILES string of the molecule is CSc1ccc(CCN(C)C(CO)C(C)C)cc1. The zero-order chi connectivity index (χ0) is 13.5. The van der Waals surface area contributed by atoms with Crippen LogP contribution >= 0.6 is 11.8 Å². The topological polar surface area (TPSA) is 23.5 Å². The van der Waals surface area contributed by atoms with Crippen LogP contribution in [0.15, 0.2) is 29.2 Å². The van der Waals surface area contributed by atoms with E-state index in [0.717, 1.165) is 13.0 Å². The molecule has 0 radical (unpaired) electrons. The minimum atomic E-state index is 0.236. The molecule has 0 aliphatic rings. The summed E-state index contributed by atoms with van der Waals surface area (Å²) in [5, 5.41) is 9.39. The highest BCUT2D eigenvalue weighted by Gasteiger charge is 2.16. The van der Waals surface area contributed by atoms with E-state index in [1.165, 1.54) is 10.5 Å². The second kappa shape index (κ2) is 7.82. The van der Waals surface area contributed by atoms with Gasteiger partial charge in [0.25, 0.3) is 0 Å². The van der Waals surface area contributed by atoms with Gasteiger partial charge in [-0.1, -0.05) is 26.0 Å². The zero-order valence-electron chi connectivity index (χ0n) is 11.9. The molecule has 18 heavy (non-hydrogen) atoms. The molecular formula is C15H25NOS. The van der Waals surface area contributed by atoms with Crippen molar-refractivity contribution in [3.8, 4) is 0 Å². The third kappa shape index (κ3) is 4.63. The van der Waals surface area contributed by atoms with E-state index in [2.05, 4.69) is 56.3 Å². The van der Waals surface area contributed by atoms with Gasteiger partial charge in [0.05, 0.1) is 6.61 Å². The maximum atomic E-state index is 9.39. The lowest BCUT2D eigenvalue weighted by Crippen LogP contribution is -2.39. The Labute approximate surface area is 115 Å². The lowest BCUT2D eigenvalue weighted by molar-refractivity contribution is 0.114. The van der Waals surface area contributed by atoms with Gasteiger partial charge in [-0.25, -0.2) is 0 Å². The van der Waals surface area contributed by atoms with E-state index in [0.29, 0.717) is 5.92 Å². The van der Waals surface area contributed by atoms with Crippen molar-refractivity contribution < 1.29 is 5.11 Å². The molecule has 0 saturated heterocycles. The van der Waals surface area contributed by atoms with E-state index >= 15 is 0 Å². The van der Waals surface area contributed by atoms with Crippen LogP contribution in [0.25, 0.3) is 0 Å². The number of hydrogen-bond donors (Lipinski definition) is 1. The second-order valence-corrected chi connectivity index (χ2v) is 5.95. The molecule has 0 saturated carbocycles. The average Bonchev–Trinajstić information content (AvgIpc) is 2.37. The summed E-state index contributed by atoms with van der Waals surface area (Å²) in [4.78, 5) is 3.56. The van der Waals surface area contributed by atoms with Gasteiger partial charge in [0, 0.05) is 17.5 Å². The van der Waals surface area contributed by atoms with Gasteiger partial charge in [-0.2, -0.15) is 0 Å². The maximum Gasteiger partial charge on any atom is 0.0589 e. The quantitative estimate of drug-likeness (QED) is 0.768. The first-order valence-corrected chi connectivity index (χ1v) is 7.75. The van der Waals surface area contributed by atoms with Crippen LogP contribution in [0.1, 0.15) is 19.4 Å². The predicted octanol–water partition coefficient (Wildman–Crippen LogP) is 2.90. The molecule has 1 aromatic carbocycles. The standard InChI is InChI=1S/C15H25NOS/c1-12(2)15(11-17)16(3)10-9-13-5-7-14(18-4)8-6-13/h5-8,12,15,17H,9-11H2,1-4H3. The summed E-state index contributed by atoms with van der Waals surface area (Å²) >= 11 is 1.77. The Hall–Kier alpha value is -0.510. The summed E-state index contributed by atoms with van der Waals surface area (Å²) in [6.07, 6.45) is 3.13. The molecule has 0 amide bonds. The van der Waals surface area contributed by atoms with E-state index in [9.17, 15) is 5.11 Å². The first-order valence-electron chi connectivity index (χ1n) is 6.52. The Kier molecular flexibility index (Phi) is 6.76. The summed E-state index contributed by atoms with van der Waals surface area (Å²) in [5.41, 5.74) is 1.36. The number of rotatable bonds is 7. The van der Waals surface area contributed by atoms with Crippen molar-refractivity contribution in [1.29, 1.82) is 0 Å². The molecule has 1 rings (SSSR count). The number of aliphatic hydroxyl groups excluding tert-OH is 1. The van der Waals surface area contributed by atoms with Crippen LogP contribution in [0, 0.1) is 5.92 Å². The first kappa shape index (κ1) is 15.5. The second-order valence-electron chi connectivity index (χ2n) is 5.07. The summed E-state index contributed by atoms with van der Waals surface area (Å²) < 4.78 is 0. The van der Waals surface area contributed by atoms with Gasteiger partial charge < -0.3 is 10.0 Å². The number of aliphatic hydroxyl groups is 1. The zero-order valence-corrected chi connectivity index (χ0v) is 12.7. The van der Waals surface area contributed by atoms with Gasteiger partial charge in [-0.15, -0.1) is 11.8 Å². The van der Waals surface area contributed by atoms with Crippen LogP contribution in [0.5, 0.6) is 0 Å². The molecule has 3 heteroatoms. The molecule has 1 unspecified atom stereocenters. The van der Waals surface area contributed by atoms with Crippen LogP contribution in [0.4, 0.5) is 0 Å². The van der Waals surface area contributed by atoms with Crippen molar-refractivity contribution in [2.75, 3.05) is 26.5 Å². The van der Waals surface area contributed by atoms with E-state index < -0.39 is 0 Å². The molecule has 0 spiro atoms. The maximum absolute atomic E-state index is 9.39. The fourth-order valence-electron chi connectivity index (χ4n) is 2.12. The normalized spacial score (nSPS) is 13.3. The van der Waals surface area contributed by atoms with Crippen molar-refractivity contribution >= 4 is 11.8 Å². The molecule has 0 bridgehead atoms. The average molecular weight is 267 g/mol. The Morgan fingerprint density at radius 1 is 1.22 bits per heavy atom. The number of benzene rings is 1. The summed E-state index contributed by atoms with van der Waals surface area (Å²) in [7, 11) is 2.09. The lowest BCUT2D eigenvalue weighted by atomic mass is 10.0. The van der Waals surface area contributed by atoms with Gasteiger partial charge in [0.1, 0.15) is 0 Å². The fraction of sp³-hybridized carbons (Fsp3) is 0.600. The van der Waals surface area contributed by atoms with Crippen LogP contribution < -0.4 is 0 Å². The number of nitrogens with zero attached hydrogens (tertiary/aromatic N) is 1. The van der Waals surface area contributed by atoms with Crippen LogP contribution in [0.3, 0.4) is 0 Å². The van der Waals surface area contributed by atoms with E-state index in [1.54, 1.807) is 11.8 Å². The Morgan fingerprint density at radius 3 is 2.28 bits per heavy atom. The third-order valence-electron chi connectivity index (χ3n) is 3.43. The van der Waals surface area contributed by atoms with E-state index in [4.69, 9.17) is 0 Å². The minimum Gasteiger partial charge on any atom is -0.395 e. The van der Waals surface area contributed by atoms with E-state index in [-0.39, 0.29) is 12.6 Å².